The van der Waals surface area contributed by atoms with Gasteiger partial charge in [0.2, 0.25) is 5.91 Å². The number of carbonyl (C=O) groups excluding carboxylic acids is 1. The lowest BCUT2D eigenvalue weighted by Gasteiger charge is -2.42. The summed E-state index contributed by atoms with van der Waals surface area (Å²) in [6.45, 7) is 2.52. The van der Waals surface area contributed by atoms with Gasteiger partial charge in [0.05, 0.1) is 29.2 Å². The van der Waals surface area contributed by atoms with E-state index < -0.39 is 0 Å². The normalized spacial score (nSPS) is 19.1. The van der Waals surface area contributed by atoms with E-state index >= 15 is 0 Å². The number of rotatable bonds is 3. The lowest BCUT2D eigenvalue weighted by Crippen LogP contribution is -2.47. The molecule has 0 bridgehead atoms. The molecule has 0 aromatic heterocycles. The minimum absolute atomic E-state index is 0.0756. The van der Waals surface area contributed by atoms with Crippen LogP contribution in [0, 0.1) is 18.3 Å². The van der Waals surface area contributed by atoms with Crippen LogP contribution in [0.15, 0.2) is 59.1 Å². The van der Waals surface area contributed by atoms with Crippen molar-refractivity contribution in [2.24, 2.45) is 0 Å². The minimum Gasteiger partial charge on any atom is -0.378 e. The van der Waals surface area contributed by atoms with Crippen molar-refractivity contribution in [3.63, 3.8) is 0 Å². The highest BCUT2D eigenvalue weighted by atomic mass is 32.2. The van der Waals surface area contributed by atoms with Crippen molar-refractivity contribution in [2.75, 3.05) is 36.4 Å². The van der Waals surface area contributed by atoms with Crippen LogP contribution in [-0.2, 0) is 4.79 Å². The third-order valence-corrected chi connectivity index (χ3v) is 6.66. The maximum Gasteiger partial charge on any atom is 0.229 e. The van der Waals surface area contributed by atoms with Crippen LogP contribution in [0.25, 0.3) is 0 Å². The van der Waals surface area contributed by atoms with E-state index in [9.17, 15) is 10.1 Å². The summed E-state index contributed by atoms with van der Waals surface area (Å²) in [7, 11) is 4.03. The number of fused-ring (bicyclic) bond motifs is 1. The molecule has 1 saturated heterocycles. The second-order valence-corrected chi connectivity index (χ2v) is 8.62. The number of hydrogen-bond donors (Lipinski definition) is 0. The van der Waals surface area contributed by atoms with E-state index in [1.165, 1.54) is 5.56 Å². The first-order chi connectivity index (χ1) is 14.0. The summed E-state index contributed by atoms with van der Waals surface area (Å²) in [5.41, 5.74) is 5.14. The summed E-state index contributed by atoms with van der Waals surface area (Å²) < 4.78 is 0. The van der Waals surface area contributed by atoms with Gasteiger partial charge in [-0.3, -0.25) is 9.69 Å². The van der Waals surface area contributed by atoms with E-state index in [2.05, 4.69) is 40.1 Å². The lowest BCUT2D eigenvalue weighted by atomic mass is 9.86. The van der Waals surface area contributed by atoms with Gasteiger partial charge < -0.3 is 9.80 Å². The second-order valence-electron chi connectivity index (χ2n) is 7.69. The Balaban J connectivity index is 1.61. The second kappa shape index (κ2) is 7.84. The molecule has 0 saturated carbocycles. The maximum atomic E-state index is 13.0. The Kier molecular flexibility index (Phi) is 5.25. The van der Waals surface area contributed by atoms with E-state index in [-0.39, 0.29) is 11.8 Å². The molecular formula is C23H24N4OS. The smallest absolute Gasteiger partial charge is 0.229 e. The average molecular weight is 405 g/mol. The SMILES string of the molecule is Cc1ccc([C@@H]2CC(=O)N3CN(c4ccc(N(C)C)cc4)CSC3=C2C#N)cc1. The Hall–Kier alpha value is -2.91. The van der Waals surface area contributed by atoms with Gasteiger partial charge in [-0.2, -0.15) is 5.26 Å². The molecule has 0 aliphatic carbocycles. The van der Waals surface area contributed by atoms with Crippen LogP contribution in [0.2, 0.25) is 0 Å². The van der Waals surface area contributed by atoms with Crippen LogP contribution in [0.1, 0.15) is 23.5 Å². The maximum absolute atomic E-state index is 13.0. The fourth-order valence-electron chi connectivity index (χ4n) is 3.77. The highest BCUT2D eigenvalue weighted by molar-refractivity contribution is 8.03. The van der Waals surface area contributed by atoms with Gasteiger partial charge >= 0.3 is 0 Å². The predicted octanol–water partition coefficient (Wildman–Crippen LogP) is 4.28. The van der Waals surface area contributed by atoms with Crippen LogP contribution < -0.4 is 9.80 Å². The Morgan fingerprint density at radius 1 is 1.10 bits per heavy atom. The number of aryl methyl sites for hydroxylation is 1. The first-order valence-electron chi connectivity index (χ1n) is 9.64. The topological polar surface area (TPSA) is 50.6 Å². The largest absolute Gasteiger partial charge is 0.378 e. The highest BCUT2D eigenvalue weighted by Gasteiger charge is 2.38. The molecular weight excluding hydrogens is 380 g/mol. The molecule has 0 N–H and O–H groups in total. The van der Waals surface area contributed by atoms with Gasteiger partial charge in [0.15, 0.2) is 0 Å². The van der Waals surface area contributed by atoms with E-state index in [0.29, 0.717) is 24.5 Å². The van der Waals surface area contributed by atoms with Gasteiger partial charge in [-0.25, -0.2) is 0 Å². The molecule has 29 heavy (non-hydrogen) atoms. The van der Waals surface area contributed by atoms with Crippen molar-refractivity contribution >= 4 is 29.0 Å². The molecule has 5 nitrogen and oxygen atoms in total. The summed E-state index contributed by atoms with van der Waals surface area (Å²) >= 11 is 1.58. The summed E-state index contributed by atoms with van der Waals surface area (Å²) in [5.74, 6) is 0.635. The molecule has 0 radical (unpaired) electrons. The number of hydrogen-bond acceptors (Lipinski definition) is 5. The van der Waals surface area contributed by atoms with E-state index in [4.69, 9.17) is 0 Å². The van der Waals surface area contributed by atoms with Gasteiger partial charge in [-0.15, -0.1) is 0 Å². The van der Waals surface area contributed by atoms with Crippen LogP contribution in [0.5, 0.6) is 0 Å². The number of carbonyl (C=O) groups is 1. The van der Waals surface area contributed by atoms with Gasteiger partial charge in [0, 0.05) is 37.8 Å². The molecule has 0 unspecified atom stereocenters. The number of anilines is 2. The molecule has 0 spiro atoms. The Morgan fingerprint density at radius 2 is 1.79 bits per heavy atom. The van der Waals surface area contributed by atoms with Crippen LogP contribution >= 0.6 is 11.8 Å². The van der Waals surface area contributed by atoms with Crippen molar-refractivity contribution in [3.05, 3.63) is 70.3 Å². The zero-order valence-corrected chi connectivity index (χ0v) is 17.7. The number of nitriles is 1. The van der Waals surface area contributed by atoms with E-state index in [1.54, 1.807) is 16.7 Å². The monoisotopic (exact) mass is 404 g/mol. The lowest BCUT2D eigenvalue weighted by molar-refractivity contribution is -0.129. The minimum atomic E-state index is -0.155. The van der Waals surface area contributed by atoms with Gasteiger partial charge in [-0.05, 0) is 36.8 Å². The first kappa shape index (κ1) is 19.4. The molecule has 148 valence electrons. The molecule has 1 amide bonds. The molecule has 2 aliphatic heterocycles. The van der Waals surface area contributed by atoms with Crippen molar-refractivity contribution < 1.29 is 4.79 Å². The Morgan fingerprint density at radius 3 is 2.41 bits per heavy atom. The molecule has 2 aromatic rings. The van der Waals surface area contributed by atoms with Gasteiger partial charge in [0.1, 0.15) is 0 Å². The summed E-state index contributed by atoms with van der Waals surface area (Å²) in [6, 6.07) is 18.9. The molecule has 2 aliphatic rings. The zero-order chi connectivity index (χ0) is 20.5. The van der Waals surface area contributed by atoms with Crippen LogP contribution in [0.4, 0.5) is 11.4 Å². The number of nitrogens with zero attached hydrogens (tertiary/aromatic N) is 4. The molecule has 2 aromatic carbocycles. The molecule has 1 atom stereocenters. The Bertz CT molecular complexity index is 989. The molecule has 4 rings (SSSR count). The fraction of sp³-hybridized carbons (Fsp3) is 0.304. The molecule has 6 heteroatoms. The quantitative estimate of drug-likeness (QED) is 0.764. The van der Waals surface area contributed by atoms with E-state index in [0.717, 1.165) is 22.0 Å². The fourth-order valence-corrected chi connectivity index (χ4v) is 4.94. The zero-order valence-electron chi connectivity index (χ0n) is 16.9. The van der Waals surface area contributed by atoms with Crippen LogP contribution in [0.3, 0.4) is 0 Å². The summed E-state index contributed by atoms with van der Waals surface area (Å²) in [4.78, 5) is 19.0. The van der Waals surface area contributed by atoms with Crippen molar-refractivity contribution in [1.82, 2.24) is 4.90 Å². The summed E-state index contributed by atoms with van der Waals surface area (Å²) in [5, 5.41) is 10.7. The predicted molar refractivity (Wildman–Crippen MR) is 119 cm³/mol. The molecule has 1 fully saturated rings. The van der Waals surface area contributed by atoms with Gasteiger partial charge in [0.25, 0.3) is 0 Å². The van der Waals surface area contributed by atoms with Gasteiger partial charge in [-0.1, -0.05) is 41.6 Å². The highest BCUT2D eigenvalue weighted by Crippen LogP contribution is 2.43. The summed E-state index contributed by atoms with van der Waals surface area (Å²) in [6.07, 6.45) is 0.337. The number of amides is 1. The Labute approximate surface area is 176 Å². The number of benzene rings is 2. The van der Waals surface area contributed by atoms with E-state index in [1.807, 2.05) is 45.3 Å². The third kappa shape index (κ3) is 3.70. The first-order valence-corrected chi connectivity index (χ1v) is 10.6. The van der Waals surface area contributed by atoms with Crippen molar-refractivity contribution in [3.8, 4) is 6.07 Å². The molecule has 2 heterocycles. The van der Waals surface area contributed by atoms with Crippen molar-refractivity contribution in [2.45, 2.75) is 19.3 Å². The third-order valence-electron chi connectivity index (χ3n) is 5.50. The van der Waals surface area contributed by atoms with Crippen molar-refractivity contribution in [1.29, 1.82) is 5.26 Å². The average Bonchev–Trinajstić information content (AvgIpc) is 2.74. The van der Waals surface area contributed by atoms with Crippen LogP contribution in [-0.4, -0.2) is 37.4 Å². The number of allylic oxidation sites excluding steroid dienone is 1. The number of thioether (sulfide) groups is 1. The standard InChI is InChI=1S/C23H24N4OS/c1-16-4-6-17(7-5-16)20-12-22(28)27-14-26(15-29-23(27)21(20)13-24)19-10-8-18(9-11-19)25(2)3/h4-11,20H,12,14-15H2,1-3H3/t20-/m0/s1.